The van der Waals surface area contributed by atoms with E-state index in [1.165, 1.54) is 29.4 Å². The molecule has 2 aromatic carbocycles. The first-order valence-corrected chi connectivity index (χ1v) is 8.59. The molecule has 0 N–H and O–H groups in total. The maximum absolute atomic E-state index is 13.9. The zero-order chi connectivity index (χ0) is 17.6. The standard InChI is InChI=1S/C19H14FNO3S/c1-24-19(23)15-9-11-5-2-3-7-14(11)21(15)18(22)17-10-12-13(20)6-4-8-16(12)25-17/h2-8,10,15H,9H2,1H3/t15-/m1/s1. The molecule has 126 valence electrons. The van der Waals surface area contributed by atoms with Crippen molar-refractivity contribution in [2.24, 2.45) is 0 Å². The summed E-state index contributed by atoms with van der Waals surface area (Å²) in [5.41, 5.74) is 1.61. The number of thiophene rings is 1. The van der Waals surface area contributed by atoms with Crippen molar-refractivity contribution >= 4 is 39.0 Å². The first kappa shape index (κ1) is 15.8. The fraction of sp³-hybridized carbons (Fsp3) is 0.158. The number of hydrogen-bond donors (Lipinski definition) is 0. The van der Waals surface area contributed by atoms with Crippen molar-refractivity contribution in [3.05, 3.63) is 64.8 Å². The van der Waals surface area contributed by atoms with Crippen molar-refractivity contribution in [1.82, 2.24) is 0 Å². The van der Waals surface area contributed by atoms with E-state index in [-0.39, 0.29) is 11.7 Å². The van der Waals surface area contributed by atoms with Crippen molar-refractivity contribution < 1.29 is 18.7 Å². The van der Waals surface area contributed by atoms with Gasteiger partial charge in [0, 0.05) is 22.2 Å². The molecule has 1 aromatic heterocycles. The molecule has 1 amide bonds. The van der Waals surface area contributed by atoms with Crippen LogP contribution in [0.2, 0.25) is 0 Å². The number of methoxy groups -OCH3 is 1. The van der Waals surface area contributed by atoms with Gasteiger partial charge in [-0.2, -0.15) is 0 Å². The van der Waals surface area contributed by atoms with E-state index in [1.54, 1.807) is 18.2 Å². The second-order valence-corrected chi connectivity index (χ2v) is 6.89. The number of anilines is 1. The molecule has 1 aliphatic rings. The normalized spacial score (nSPS) is 16.1. The summed E-state index contributed by atoms with van der Waals surface area (Å²) in [5.74, 6) is -1.14. The molecule has 0 spiro atoms. The number of nitrogens with zero attached hydrogens (tertiary/aromatic N) is 1. The summed E-state index contributed by atoms with van der Waals surface area (Å²) >= 11 is 1.22. The van der Waals surface area contributed by atoms with Crippen LogP contribution in [-0.4, -0.2) is 25.0 Å². The highest BCUT2D eigenvalue weighted by molar-refractivity contribution is 7.20. The smallest absolute Gasteiger partial charge is 0.329 e. The van der Waals surface area contributed by atoms with Crippen LogP contribution in [0.4, 0.5) is 10.1 Å². The number of amides is 1. The number of fused-ring (bicyclic) bond motifs is 2. The SMILES string of the molecule is COC(=O)[C@H]1Cc2ccccc2N1C(=O)c1cc2c(F)cccc2s1. The molecule has 4 nitrogen and oxygen atoms in total. The van der Waals surface area contributed by atoms with Crippen LogP contribution in [0.3, 0.4) is 0 Å². The topological polar surface area (TPSA) is 46.6 Å². The van der Waals surface area contributed by atoms with Crippen LogP contribution >= 0.6 is 11.3 Å². The van der Waals surface area contributed by atoms with E-state index in [9.17, 15) is 14.0 Å². The molecule has 0 radical (unpaired) electrons. The van der Waals surface area contributed by atoms with Gasteiger partial charge in [-0.1, -0.05) is 24.3 Å². The molecule has 0 bridgehead atoms. The second kappa shape index (κ2) is 5.97. The predicted molar refractivity (Wildman–Crippen MR) is 94.5 cm³/mol. The van der Waals surface area contributed by atoms with E-state index in [1.807, 2.05) is 24.3 Å². The van der Waals surface area contributed by atoms with E-state index in [0.717, 1.165) is 5.56 Å². The summed E-state index contributed by atoms with van der Waals surface area (Å²) in [6.45, 7) is 0. The van der Waals surface area contributed by atoms with Crippen molar-refractivity contribution in [3.63, 3.8) is 0 Å². The summed E-state index contributed by atoms with van der Waals surface area (Å²) in [4.78, 5) is 27.2. The fourth-order valence-corrected chi connectivity index (χ4v) is 4.22. The van der Waals surface area contributed by atoms with Crippen LogP contribution in [-0.2, 0) is 16.0 Å². The molecule has 4 rings (SSSR count). The van der Waals surface area contributed by atoms with E-state index in [0.29, 0.717) is 27.1 Å². The van der Waals surface area contributed by atoms with Crippen LogP contribution in [0.25, 0.3) is 10.1 Å². The van der Waals surface area contributed by atoms with Gasteiger partial charge in [-0.15, -0.1) is 11.3 Å². The number of esters is 1. The van der Waals surface area contributed by atoms with Crippen LogP contribution < -0.4 is 4.90 Å². The maximum atomic E-state index is 13.9. The zero-order valence-corrected chi connectivity index (χ0v) is 14.2. The molecule has 0 fully saturated rings. The Hall–Kier alpha value is -2.73. The lowest BCUT2D eigenvalue weighted by atomic mass is 10.1. The van der Waals surface area contributed by atoms with Gasteiger partial charge < -0.3 is 4.74 Å². The van der Waals surface area contributed by atoms with Gasteiger partial charge in [-0.05, 0) is 29.8 Å². The summed E-state index contributed by atoms with van der Waals surface area (Å²) in [5, 5.41) is 0.415. The van der Waals surface area contributed by atoms with Gasteiger partial charge in [0.05, 0.1) is 12.0 Å². The second-order valence-electron chi connectivity index (χ2n) is 5.81. The molecule has 6 heteroatoms. The number of rotatable bonds is 2. The summed E-state index contributed by atoms with van der Waals surface area (Å²) in [6.07, 6.45) is 0.411. The number of carbonyl (C=O) groups is 2. The fourth-order valence-electron chi connectivity index (χ4n) is 3.21. The van der Waals surface area contributed by atoms with Gasteiger partial charge in [0.2, 0.25) is 0 Å². The van der Waals surface area contributed by atoms with Gasteiger partial charge in [0.25, 0.3) is 5.91 Å². The molecule has 1 atom stereocenters. The first-order valence-electron chi connectivity index (χ1n) is 7.77. The molecule has 0 aliphatic carbocycles. The Bertz CT molecular complexity index is 997. The van der Waals surface area contributed by atoms with Crippen molar-refractivity contribution in [2.45, 2.75) is 12.5 Å². The number of benzene rings is 2. The van der Waals surface area contributed by atoms with Gasteiger partial charge >= 0.3 is 5.97 Å². The Labute approximate surface area is 147 Å². The highest BCUT2D eigenvalue weighted by Crippen LogP contribution is 2.36. The lowest BCUT2D eigenvalue weighted by Gasteiger charge is -2.23. The minimum atomic E-state index is -0.704. The number of carbonyl (C=O) groups excluding carboxylic acids is 2. The van der Waals surface area contributed by atoms with Crippen molar-refractivity contribution in [2.75, 3.05) is 12.0 Å². The van der Waals surface area contributed by atoms with Crippen LogP contribution in [0, 0.1) is 5.82 Å². The number of ether oxygens (including phenoxy) is 1. The van der Waals surface area contributed by atoms with Crippen molar-refractivity contribution in [3.8, 4) is 0 Å². The Kier molecular flexibility index (Phi) is 3.77. The highest BCUT2D eigenvalue weighted by Gasteiger charge is 2.39. The average molecular weight is 355 g/mol. The Balaban J connectivity index is 1.80. The lowest BCUT2D eigenvalue weighted by molar-refractivity contribution is -0.141. The Morgan fingerprint density at radius 3 is 2.76 bits per heavy atom. The number of halogens is 1. The number of hydrogen-bond acceptors (Lipinski definition) is 4. The molecule has 1 aliphatic heterocycles. The van der Waals surface area contributed by atoms with Crippen LogP contribution in [0.15, 0.2) is 48.5 Å². The number of para-hydroxylation sites is 1. The van der Waals surface area contributed by atoms with Gasteiger partial charge in [0.15, 0.2) is 0 Å². The first-order chi connectivity index (χ1) is 12.1. The van der Waals surface area contributed by atoms with E-state index < -0.39 is 12.0 Å². The third-order valence-electron chi connectivity index (χ3n) is 4.39. The molecular weight excluding hydrogens is 341 g/mol. The molecule has 25 heavy (non-hydrogen) atoms. The molecule has 0 unspecified atom stereocenters. The quantitative estimate of drug-likeness (QED) is 0.657. The Morgan fingerprint density at radius 2 is 2.00 bits per heavy atom. The van der Waals surface area contributed by atoms with Gasteiger partial charge in [0.1, 0.15) is 11.9 Å². The summed E-state index contributed by atoms with van der Waals surface area (Å²) in [6, 6.07) is 13.0. The lowest BCUT2D eigenvalue weighted by Crippen LogP contribution is -2.43. The van der Waals surface area contributed by atoms with Crippen molar-refractivity contribution in [1.29, 1.82) is 0 Å². The van der Waals surface area contributed by atoms with Crippen LogP contribution in [0.5, 0.6) is 0 Å². The zero-order valence-electron chi connectivity index (χ0n) is 13.4. The minimum absolute atomic E-state index is 0.319. The molecule has 3 aromatic rings. The van der Waals surface area contributed by atoms with E-state index >= 15 is 0 Å². The minimum Gasteiger partial charge on any atom is -0.467 e. The molecular formula is C19H14FNO3S. The van der Waals surface area contributed by atoms with Gasteiger partial charge in [-0.3, -0.25) is 9.69 Å². The largest absolute Gasteiger partial charge is 0.467 e. The summed E-state index contributed by atoms with van der Waals surface area (Å²) < 4.78 is 19.5. The Morgan fingerprint density at radius 1 is 1.20 bits per heavy atom. The predicted octanol–water partition coefficient (Wildman–Crippen LogP) is 3.78. The monoisotopic (exact) mass is 355 g/mol. The van der Waals surface area contributed by atoms with Crippen LogP contribution in [0.1, 0.15) is 15.2 Å². The van der Waals surface area contributed by atoms with E-state index in [2.05, 4.69) is 0 Å². The highest BCUT2D eigenvalue weighted by atomic mass is 32.1. The van der Waals surface area contributed by atoms with Gasteiger partial charge in [-0.25, -0.2) is 9.18 Å². The van der Waals surface area contributed by atoms with E-state index in [4.69, 9.17) is 4.74 Å². The molecule has 2 heterocycles. The third kappa shape index (κ3) is 2.49. The average Bonchev–Trinajstić information content (AvgIpc) is 3.23. The summed E-state index contributed by atoms with van der Waals surface area (Å²) in [7, 11) is 1.31. The third-order valence-corrected chi connectivity index (χ3v) is 5.48. The maximum Gasteiger partial charge on any atom is 0.329 e. The molecule has 0 saturated heterocycles. The molecule has 0 saturated carbocycles.